The van der Waals surface area contributed by atoms with Gasteiger partial charge in [0.1, 0.15) is 28.1 Å². The number of anilines is 2. The molecule has 0 aliphatic carbocycles. The summed E-state index contributed by atoms with van der Waals surface area (Å²) in [7, 11) is 0. The monoisotopic (exact) mass is 885 g/mol. The van der Waals surface area contributed by atoms with E-state index in [2.05, 4.69) is 95.2 Å². The van der Waals surface area contributed by atoms with Crippen LogP contribution in [-0.2, 0) is 0 Å². The number of pyridine rings is 3. The average Bonchev–Trinajstić information content (AvgIpc) is 3.33. The van der Waals surface area contributed by atoms with E-state index in [9.17, 15) is 4.79 Å². The number of halogens is 2. The van der Waals surface area contributed by atoms with Crippen LogP contribution >= 0.6 is 24.0 Å². The van der Waals surface area contributed by atoms with Crippen molar-refractivity contribution < 1.29 is 14.3 Å². The first-order valence-electron chi connectivity index (χ1n) is 21.4. The summed E-state index contributed by atoms with van der Waals surface area (Å²) in [6.07, 6.45) is 7.28. The van der Waals surface area contributed by atoms with E-state index in [4.69, 9.17) is 25.9 Å². The number of piperazine rings is 2. The van der Waals surface area contributed by atoms with Crippen LogP contribution in [0.2, 0.25) is 5.15 Å². The van der Waals surface area contributed by atoms with Crippen molar-refractivity contribution in [3.05, 3.63) is 155 Å². The molecule has 8 aromatic rings. The summed E-state index contributed by atoms with van der Waals surface area (Å²) in [4.78, 5) is 34.6. The molecule has 2 fully saturated rings. The summed E-state index contributed by atoms with van der Waals surface area (Å²) in [6, 6.07) is 39.7. The Labute approximate surface area is 378 Å². The van der Waals surface area contributed by atoms with Gasteiger partial charge in [0, 0.05) is 107 Å². The Morgan fingerprint density at radius 3 is 1.57 bits per heavy atom. The summed E-state index contributed by atoms with van der Waals surface area (Å²) < 4.78 is 11.1. The molecule has 0 unspecified atom stereocenters. The number of benzene rings is 4. The Morgan fingerprint density at radius 2 is 1.03 bits per heavy atom. The molecule has 0 saturated carbocycles. The number of fused-ring (bicyclic) bond motifs is 4. The second-order valence-electron chi connectivity index (χ2n) is 15.4. The largest absolute Gasteiger partial charge is 0.492 e. The van der Waals surface area contributed by atoms with Crippen LogP contribution in [0.4, 0.5) is 11.6 Å². The first kappa shape index (κ1) is 45.2. The van der Waals surface area contributed by atoms with Crippen LogP contribution in [0, 0.1) is 0 Å². The molecule has 0 atom stereocenters. The van der Waals surface area contributed by atoms with Gasteiger partial charge in [0.2, 0.25) is 0 Å². The number of aromatic nitrogens is 3. The Kier molecular flexibility index (Phi) is 16.2. The molecule has 326 valence electrons. The van der Waals surface area contributed by atoms with Crippen molar-refractivity contribution in [2.75, 3.05) is 88.5 Å². The third kappa shape index (κ3) is 11.6. The Bertz CT molecular complexity index is 2740. The predicted octanol–water partition coefficient (Wildman–Crippen LogP) is 8.98. The van der Waals surface area contributed by atoms with Crippen molar-refractivity contribution in [3.8, 4) is 5.75 Å². The SMILES string of the molecule is Cl.Clc1nccc2ccccc12.O=c1cc(OCCCN2CCN(c3nccc4ccccc34)CC2)c2ccccc2o1.OCCCN1CCN(c2nccc3ccccc23)CC1. The molecule has 1 N–H and O–H groups in total. The van der Waals surface area contributed by atoms with Crippen molar-refractivity contribution >= 4 is 78.9 Å². The van der Waals surface area contributed by atoms with Crippen molar-refractivity contribution in [1.82, 2.24) is 24.8 Å². The molecule has 6 heterocycles. The van der Waals surface area contributed by atoms with E-state index in [1.165, 1.54) is 27.6 Å². The molecule has 0 radical (unpaired) electrons. The predicted molar refractivity (Wildman–Crippen MR) is 259 cm³/mol. The summed E-state index contributed by atoms with van der Waals surface area (Å²) in [6.45, 7) is 10.9. The first-order chi connectivity index (χ1) is 30.5. The van der Waals surface area contributed by atoms with Gasteiger partial charge in [-0.25, -0.2) is 19.7 Å². The van der Waals surface area contributed by atoms with Gasteiger partial charge in [-0.3, -0.25) is 9.80 Å². The number of hydrogen-bond acceptors (Lipinski definition) is 11. The summed E-state index contributed by atoms with van der Waals surface area (Å²) in [5, 5.41) is 17.4. The number of aliphatic hydroxyl groups excluding tert-OH is 1. The number of aliphatic hydroxyl groups is 1. The van der Waals surface area contributed by atoms with Crippen LogP contribution in [0.1, 0.15) is 12.8 Å². The Morgan fingerprint density at radius 1 is 0.571 bits per heavy atom. The summed E-state index contributed by atoms with van der Waals surface area (Å²) in [5.74, 6) is 2.78. The highest BCUT2D eigenvalue weighted by molar-refractivity contribution is 6.34. The highest BCUT2D eigenvalue weighted by Gasteiger charge is 2.20. The fourth-order valence-electron chi connectivity index (χ4n) is 8.13. The topological polar surface area (TPSA) is 111 Å². The molecular formula is C50H53Cl2N7O4. The number of hydrogen-bond donors (Lipinski definition) is 1. The van der Waals surface area contributed by atoms with Gasteiger partial charge in [-0.05, 0) is 59.3 Å². The summed E-state index contributed by atoms with van der Waals surface area (Å²) in [5.41, 5.74) is 0.176. The molecule has 2 saturated heterocycles. The second-order valence-corrected chi connectivity index (χ2v) is 15.8. The third-order valence-electron chi connectivity index (χ3n) is 11.4. The lowest BCUT2D eigenvalue weighted by Crippen LogP contribution is -2.47. The van der Waals surface area contributed by atoms with E-state index >= 15 is 0 Å². The van der Waals surface area contributed by atoms with Gasteiger partial charge < -0.3 is 24.1 Å². The fourth-order valence-corrected chi connectivity index (χ4v) is 8.35. The van der Waals surface area contributed by atoms with Crippen LogP contribution < -0.4 is 20.2 Å². The quantitative estimate of drug-likeness (QED) is 0.0808. The maximum Gasteiger partial charge on any atom is 0.339 e. The van der Waals surface area contributed by atoms with Crippen LogP contribution in [0.3, 0.4) is 0 Å². The molecule has 0 bridgehead atoms. The van der Waals surface area contributed by atoms with Gasteiger partial charge in [-0.15, -0.1) is 12.4 Å². The van der Waals surface area contributed by atoms with E-state index < -0.39 is 0 Å². The lowest BCUT2D eigenvalue weighted by atomic mass is 10.1. The lowest BCUT2D eigenvalue weighted by molar-refractivity contribution is 0.216. The smallest absolute Gasteiger partial charge is 0.339 e. The van der Waals surface area contributed by atoms with Crippen LogP contribution in [0.15, 0.2) is 149 Å². The Hall–Kier alpha value is -5.82. The highest BCUT2D eigenvalue weighted by atomic mass is 35.5. The molecule has 0 spiro atoms. The van der Waals surface area contributed by atoms with E-state index in [0.717, 1.165) is 106 Å². The molecule has 63 heavy (non-hydrogen) atoms. The molecule has 2 aliphatic heterocycles. The van der Waals surface area contributed by atoms with Crippen LogP contribution in [0.5, 0.6) is 5.75 Å². The van der Waals surface area contributed by atoms with Gasteiger partial charge >= 0.3 is 5.63 Å². The van der Waals surface area contributed by atoms with Crippen molar-refractivity contribution in [3.63, 3.8) is 0 Å². The average molecular weight is 887 g/mol. The van der Waals surface area contributed by atoms with Gasteiger partial charge in [0.05, 0.1) is 18.1 Å². The number of nitrogens with zero attached hydrogens (tertiary/aromatic N) is 7. The standard InChI is InChI=1S/C25H25N3O3.C16H21N3O.C9H6ClN.ClH/c29-24-18-23(21-8-3-4-9-22(21)31-24)30-17-5-12-27-13-15-28(16-14-27)25-20-7-2-1-6-19(20)10-11-26-25;20-13-3-8-18-9-11-19(12-10-18)16-15-5-2-1-4-14(15)6-7-17-16;10-9-8-4-2-1-3-7(8)5-6-11-9;/h1-4,6-11,18H,5,12-17H2;1-2,4-7,20H,3,8-13H2;1-6H;1H. The number of ether oxygens (including phenoxy) is 1. The minimum Gasteiger partial charge on any atom is -0.492 e. The van der Waals surface area contributed by atoms with Crippen molar-refractivity contribution in [2.24, 2.45) is 0 Å². The van der Waals surface area contributed by atoms with E-state index in [1.54, 1.807) is 12.3 Å². The van der Waals surface area contributed by atoms with Crippen molar-refractivity contribution in [2.45, 2.75) is 12.8 Å². The second kappa shape index (κ2) is 22.5. The molecule has 2 aliphatic rings. The normalized spacial score (nSPS) is 14.4. The molecule has 11 nitrogen and oxygen atoms in total. The summed E-state index contributed by atoms with van der Waals surface area (Å²) >= 11 is 5.85. The maximum atomic E-state index is 11.7. The molecular weight excluding hydrogens is 834 g/mol. The van der Waals surface area contributed by atoms with Crippen molar-refractivity contribution in [1.29, 1.82) is 0 Å². The van der Waals surface area contributed by atoms with Gasteiger partial charge in [0.25, 0.3) is 0 Å². The molecule has 13 heteroatoms. The van der Waals surface area contributed by atoms with E-state index in [0.29, 0.717) is 23.1 Å². The zero-order chi connectivity index (χ0) is 42.5. The molecule has 4 aromatic heterocycles. The number of para-hydroxylation sites is 1. The first-order valence-corrected chi connectivity index (χ1v) is 21.8. The van der Waals surface area contributed by atoms with Gasteiger partial charge in [-0.2, -0.15) is 0 Å². The van der Waals surface area contributed by atoms with Crippen LogP contribution in [-0.4, -0.2) is 109 Å². The molecule has 4 aromatic carbocycles. The number of rotatable bonds is 10. The molecule has 0 amide bonds. The lowest BCUT2D eigenvalue weighted by Gasteiger charge is -2.35. The highest BCUT2D eigenvalue weighted by Crippen LogP contribution is 2.27. The van der Waals surface area contributed by atoms with E-state index in [1.807, 2.05) is 60.9 Å². The van der Waals surface area contributed by atoms with Crippen LogP contribution in [0.25, 0.3) is 43.3 Å². The molecule has 10 rings (SSSR count). The van der Waals surface area contributed by atoms with E-state index in [-0.39, 0.29) is 24.6 Å². The minimum absolute atomic E-state index is 0. The maximum absolute atomic E-state index is 11.7. The van der Waals surface area contributed by atoms with Gasteiger partial charge in [-0.1, -0.05) is 96.5 Å². The minimum atomic E-state index is -0.383. The van der Waals surface area contributed by atoms with Gasteiger partial charge in [0.15, 0.2) is 0 Å². The fraction of sp³-hybridized carbons (Fsp3) is 0.280. The third-order valence-corrected chi connectivity index (χ3v) is 11.7. The zero-order valence-electron chi connectivity index (χ0n) is 35.3. The zero-order valence-corrected chi connectivity index (χ0v) is 36.8. The Balaban J connectivity index is 0.000000158.